The maximum atomic E-state index is 12.3. The quantitative estimate of drug-likeness (QED) is 0.547. The monoisotopic (exact) mass is 418 g/mol. The first-order chi connectivity index (χ1) is 12.6. The van der Waals surface area contributed by atoms with Crippen LogP contribution in [0.2, 0.25) is 0 Å². The molecule has 1 N–H and O–H groups in total. The molecule has 2 rings (SSSR count). The van der Waals surface area contributed by atoms with Gasteiger partial charge in [-0.05, 0) is 39.7 Å². The van der Waals surface area contributed by atoms with Crippen molar-refractivity contribution >= 4 is 34.1 Å². The molecule has 0 aliphatic rings. The molecule has 7 heteroatoms. The molecule has 2 aromatic rings. The van der Waals surface area contributed by atoms with E-state index < -0.39 is 5.91 Å². The molecule has 0 heterocycles. The number of hydrazone groups is 1. The highest BCUT2D eigenvalue weighted by Gasteiger charge is 2.16. The van der Waals surface area contributed by atoms with Crippen LogP contribution in [0.4, 0.5) is 0 Å². The molecule has 2 aromatic carbocycles. The van der Waals surface area contributed by atoms with E-state index in [2.05, 4.69) is 26.5 Å². The lowest BCUT2D eigenvalue weighted by Crippen LogP contribution is -2.17. The molecule has 0 radical (unpaired) electrons. The second-order valence-corrected chi connectivity index (χ2v) is 5.97. The second-order valence-electron chi connectivity index (χ2n) is 5.05. The number of halogens is 1. The van der Waals surface area contributed by atoms with Crippen molar-refractivity contribution in [2.24, 2.45) is 5.10 Å². The number of carbonyl (C=O) groups excluding carboxylic acids is 1. The number of hydrogen-bond acceptors (Lipinski definition) is 5. The normalized spacial score (nSPS) is 11.3. The summed E-state index contributed by atoms with van der Waals surface area (Å²) in [5.74, 6) is 0.807. The van der Waals surface area contributed by atoms with Crippen LogP contribution in [0.25, 0.3) is 6.08 Å². The number of amides is 1. The van der Waals surface area contributed by atoms with Crippen molar-refractivity contribution < 1.29 is 19.0 Å². The molecule has 0 saturated heterocycles. The second kappa shape index (κ2) is 9.62. The molecule has 0 aliphatic carbocycles. The summed E-state index contributed by atoms with van der Waals surface area (Å²) in [4.78, 5) is 12.3. The summed E-state index contributed by atoms with van der Waals surface area (Å²) in [5, 5.41) is 3.94. The van der Waals surface area contributed by atoms with E-state index in [4.69, 9.17) is 14.2 Å². The molecular formula is C19H19BrN2O4. The van der Waals surface area contributed by atoms with Gasteiger partial charge in [-0.15, -0.1) is 0 Å². The van der Waals surface area contributed by atoms with Crippen molar-refractivity contribution in [3.63, 3.8) is 0 Å². The number of allylic oxidation sites excluding steroid dienone is 1. The highest BCUT2D eigenvalue weighted by atomic mass is 79.9. The van der Waals surface area contributed by atoms with Crippen molar-refractivity contribution in [3.8, 4) is 17.2 Å². The fourth-order valence-electron chi connectivity index (χ4n) is 2.18. The molecule has 0 aromatic heterocycles. The summed E-state index contributed by atoms with van der Waals surface area (Å²) in [6, 6.07) is 12.9. The lowest BCUT2D eigenvalue weighted by molar-refractivity contribution is 0.0954. The maximum Gasteiger partial charge on any atom is 0.271 e. The molecular weight excluding hydrogens is 400 g/mol. The highest BCUT2D eigenvalue weighted by Crippen LogP contribution is 2.38. The highest BCUT2D eigenvalue weighted by molar-refractivity contribution is 9.12. The van der Waals surface area contributed by atoms with Crippen molar-refractivity contribution in [3.05, 3.63) is 58.1 Å². The van der Waals surface area contributed by atoms with Gasteiger partial charge in [-0.3, -0.25) is 4.79 Å². The molecule has 0 saturated carbocycles. The van der Waals surface area contributed by atoms with E-state index in [0.717, 1.165) is 5.56 Å². The van der Waals surface area contributed by atoms with Gasteiger partial charge in [-0.2, -0.15) is 5.10 Å². The summed E-state index contributed by atoms with van der Waals surface area (Å²) in [6.07, 6.45) is 3.39. The first-order valence-corrected chi connectivity index (χ1v) is 8.44. The van der Waals surface area contributed by atoms with Crippen LogP contribution in [0.15, 0.2) is 52.0 Å². The van der Waals surface area contributed by atoms with Crippen LogP contribution in [-0.2, 0) is 0 Å². The maximum absolute atomic E-state index is 12.3. The van der Waals surface area contributed by atoms with E-state index >= 15 is 0 Å². The molecule has 26 heavy (non-hydrogen) atoms. The lowest BCUT2D eigenvalue weighted by atomic mass is 10.1. The van der Waals surface area contributed by atoms with Crippen molar-refractivity contribution in [1.29, 1.82) is 0 Å². The fraction of sp³-hybridized carbons (Fsp3) is 0.158. The molecule has 0 unspecified atom stereocenters. The van der Waals surface area contributed by atoms with E-state index in [0.29, 0.717) is 27.3 Å². The molecule has 0 bridgehead atoms. The number of benzene rings is 2. The minimum Gasteiger partial charge on any atom is -0.493 e. The smallest absolute Gasteiger partial charge is 0.271 e. The number of nitrogens with one attached hydrogen (secondary N) is 1. The lowest BCUT2D eigenvalue weighted by Gasteiger charge is -2.13. The summed E-state index contributed by atoms with van der Waals surface area (Å²) in [5.41, 5.74) is 3.81. The van der Waals surface area contributed by atoms with Gasteiger partial charge in [-0.1, -0.05) is 30.3 Å². The van der Waals surface area contributed by atoms with Gasteiger partial charge in [0, 0.05) is 10.0 Å². The van der Waals surface area contributed by atoms with Crippen molar-refractivity contribution in [1.82, 2.24) is 5.43 Å². The number of nitrogens with zero attached hydrogens (tertiary/aromatic N) is 1. The SMILES string of the molecule is COc1cc(C(=O)N/N=C/C(Br)=C/c2ccccc2)cc(OC)c1OC. The average Bonchev–Trinajstić information content (AvgIpc) is 2.67. The third-order valence-electron chi connectivity index (χ3n) is 3.39. The van der Waals surface area contributed by atoms with Gasteiger partial charge in [-0.25, -0.2) is 5.43 Å². The summed E-state index contributed by atoms with van der Waals surface area (Å²) in [6.45, 7) is 0. The van der Waals surface area contributed by atoms with Crippen molar-refractivity contribution in [2.45, 2.75) is 0 Å². The van der Waals surface area contributed by atoms with Gasteiger partial charge in [0.1, 0.15) is 0 Å². The Morgan fingerprint density at radius 3 is 2.19 bits per heavy atom. The zero-order valence-electron chi connectivity index (χ0n) is 14.7. The summed E-state index contributed by atoms with van der Waals surface area (Å²) in [7, 11) is 4.48. The molecule has 0 aliphatic heterocycles. The van der Waals surface area contributed by atoms with Gasteiger partial charge >= 0.3 is 0 Å². The number of ether oxygens (including phenoxy) is 3. The van der Waals surface area contributed by atoms with Crippen LogP contribution in [0, 0.1) is 0 Å². The molecule has 136 valence electrons. The fourth-order valence-corrected chi connectivity index (χ4v) is 2.54. The average molecular weight is 419 g/mol. The first kappa shape index (κ1) is 19.5. The Kier molecular flexibility index (Phi) is 7.23. The number of hydrogen-bond donors (Lipinski definition) is 1. The zero-order chi connectivity index (χ0) is 18.9. The number of carbonyl (C=O) groups is 1. The van der Waals surface area contributed by atoms with Crippen LogP contribution in [0.1, 0.15) is 15.9 Å². The van der Waals surface area contributed by atoms with Crippen LogP contribution < -0.4 is 19.6 Å². The van der Waals surface area contributed by atoms with Crippen LogP contribution >= 0.6 is 15.9 Å². The summed E-state index contributed by atoms with van der Waals surface area (Å²) >= 11 is 3.39. The predicted octanol–water partition coefficient (Wildman–Crippen LogP) is 3.86. The van der Waals surface area contributed by atoms with Crippen molar-refractivity contribution in [2.75, 3.05) is 21.3 Å². The minimum atomic E-state index is -0.402. The molecule has 0 atom stereocenters. The van der Waals surface area contributed by atoms with Crippen LogP contribution in [0.5, 0.6) is 17.2 Å². The molecule has 0 fully saturated rings. The van der Waals surface area contributed by atoms with Crippen LogP contribution in [0.3, 0.4) is 0 Å². The Labute approximate surface area is 160 Å². The van der Waals surface area contributed by atoms with E-state index in [1.807, 2.05) is 36.4 Å². The van der Waals surface area contributed by atoms with Gasteiger partial charge in [0.05, 0.1) is 27.5 Å². The van der Waals surface area contributed by atoms with E-state index in [1.54, 1.807) is 12.1 Å². The largest absolute Gasteiger partial charge is 0.493 e. The van der Waals surface area contributed by atoms with Gasteiger partial charge in [0.2, 0.25) is 5.75 Å². The third-order valence-corrected chi connectivity index (χ3v) is 3.82. The standard InChI is InChI=1S/C19H19BrN2O4/c1-24-16-10-14(11-17(25-2)18(16)26-3)19(23)22-21-12-15(20)9-13-7-5-4-6-8-13/h4-12H,1-3H3,(H,22,23)/b15-9-,21-12+. The Morgan fingerprint density at radius 1 is 1.04 bits per heavy atom. The van der Waals surface area contributed by atoms with Gasteiger partial charge in [0.15, 0.2) is 11.5 Å². The molecule has 6 nitrogen and oxygen atoms in total. The van der Waals surface area contributed by atoms with Gasteiger partial charge < -0.3 is 14.2 Å². The number of methoxy groups -OCH3 is 3. The Bertz CT molecular complexity index is 795. The number of rotatable bonds is 7. The van der Waals surface area contributed by atoms with Crippen LogP contribution in [-0.4, -0.2) is 33.5 Å². The minimum absolute atomic E-state index is 0.333. The van der Waals surface area contributed by atoms with E-state index in [9.17, 15) is 4.79 Å². The summed E-state index contributed by atoms with van der Waals surface area (Å²) < 4.78 is 16.4. The molecule has 1 amide bonds. The third kappa shape index (κ3) is 5.10. The zero-order valence-corrected chi connectivity index (χ0v) is 16.2. The predicted molar refractivity (Wildman–Crippen MR) is 105 cm³/mol. The Balaban J connectivity index is 2.11. The topological polar surface area (TPSA) is 69.2 Å². The van der Waals surface area contributed by atoms with Gasteiger partial charge in [0.25, 0.3) is 5.91 Å². The Hall–Kier alpha value is -2.80. The van der Waals surface area contributed by atoms with E-state index in [-0.39, 0.29) is 0 Å². The Morgan fingerprint density at radius 2 is 1.65 bits per heavy atom. The molecule has 0 spiro atoms. The first-order valence-electron chi connectivity index (χ1n) is 7.64. The van der Waals surface area contributed by atoms with E-state index in [1.165, 1.54) is 27.5 Å².